The van der Waals surface area contributed by atoms with Crippen LogP contribution in [0.1, 0.15) is 194 Å². The maximum atomic E-state index is 11.6. The van der Waals surface area contributed by atoms with Gasteiger partial charge in [-0.3, -0.25) is 9.59 Å². The number of hydrogen-bond donors (Lipinski definition) is 2. The van der Waals surface area contributed by atoms with Crippen molar-refractivity contribution in [3.8, 4) is 0 Å². The fourth-order valence-corrected chi connectivity index (χ4v) is 5.75. The molecule has 0 heterocycles. The first kappa shape index (κ1) is 55.3. The standard InChI is InChI=1S/C26H50O6.C20H38O3/c1-2-3-4-5-9-12-15-19-29-20-16-13-10-7-6-8-11-14-17-26(28)32-25-24-31-23-22-30-21-18-27;1-2-3-4-5-9-12-15-18-23-19-16-13-10-7-6-8-11-14-17-20(21)22/h10,13,27H,2-9,11-12,14-25H2,1H3;10,13H,2-9,11-12,14-19H2,1H3,(H,21,22)/b2*13-10-. The second-order valence-electron chi connectivity index (χ2n) is 14.5. The molecule has 0 radical (unpaired) electrons. The highest BCUT2D eigenvalue weighted by Crippen LogP contribution is 2.10. The van der Waals surface area contributed by atoms with Gasteiger partial charge in [-0.15, -0.1) is 0 Å². The van der Waals surface area contributed by atoms with E-state index in [1.54, 1.807) is 0 Å². The number of carbonyl (C=O) groups is 2. The van der Waals surface area contributed by atoms with Crippen molar-refractivity contribution >= 4 is 11.9 Å². The Labute approximate surface area is 338 Å². The summed E-state index contributed by atoms with van der Waals surface area (Å²) in [6.07, 6.45) is 40.9. The molecule has 0 fully saturated rings. The first-order valence-corrected chi connectivity index (χ1v) is 22.7. The van der Waals surface area contributed by atoms with Gasteiger partial charge in [0.15, 0.2) is 0 Å². The van der Waals surface area contributed by atoms with Crippen molar-refractivity contribution in [2.24, 2.45) is 0 Å². The predicted molar refractivity (Wildman–Crippen MR) is 228 cm³/mol. The Kier molecular flexibility index (Phi) is 52.5. The molecule has 9 heteroatoms. The number of allylic oxidation sites excluding steroid dienone is 2. The zero-order valence-corrected chi connectivity index (χ0v) is 35.9. The van der Waals surface area contributed by atoms with Crippen LogP contribution in [0.25, 0.3) is 0 Å². The number of aliphatic hydroxyl groups is 1. The Bertz CT molecular complexity index is 802. The summed E-state index contributed by atoms with van der Waals surface area (Å²) in [4.78, 5) is 22.0. The van der Waals surface area contributed by atoms with Crippen LogP contribution < -0.4 is 0 Å². The molecule has 0 bridgehead atoms. The van der Waals surface area contributed by atoms with E-state index in [2.05, 4.69) is 38.2 Å². The number of aliphatic hydroxyl groups excluding tert-OH is 1. The third-order valence-electron chi connectivity index (χ3n) is 9.09. The van der Waals surface area contributed by atoms with Crippen LogP contribution in [-0.4, -0.2) is 88.2 Å². The van der Waals surface area contributed by atoms with Crippen molar-refractivity contribution in [1.29, 1.82) is 0 Å². The van der Waals surface area contributed by atoms with Gasteiger partial charge in [0.1, 0.15) is 6.61 Å². The zero-order valence-electron chi connectivity index (χ0n) is 35.9. The van der Waals surface area contributed by atoms with E-state index in [1.807, 2.05) is 0 Å². The number of esters is 1. The molecule has 0 aromatic rings. The van der Waals surface area contributed by atoms with E-state index in [4.69, 9.17) is 33.9 Å². The number of ether oxygens (including phenoxy) is 5. The number of aliphatic carboxylic acids is 1. The largest absolute Gasteiger partial charge is 0.481 e. The van der Waals surface area contributed by atoms with Gasteiger partial charge in [0.05, 0.1) is 46.2 Å². The van der Waals surface area contributed by atoms with Crippen molar-refractivity contribution in [1.82, 2.24) is 0 Å². The molecule has 0 atom stereocenters. The Morgan fingerprint density at radius 3 is 1.27 bits per heavy atom. The van der Waals surface area contributed by atoms with Crippen molar-refractivity contribution in [3.63, 3.8) is 0 Å². The molecular formula is C46H88O9. The number of carboxylic acid groups (broad SMARTS) is 1. The monoisotopic (exact) mass is 785 g/mol. The van der Waals surface area contributed by atoms with Crippen molar-refractivity contribution in [2.75, 3.05) is 66.1 Å². The van der Waals surface area contributed by atoms with Crippen LogP contribution in [0.2, 0.25) is 0 Å². The van der Waals surface area contributed by atoms with E-state index in [0.29, 0.717) is 39.3 Å². The third kappa shape index (κ3) is 56.6. The molecule has 0 unspecified atom stereocenters. The summed E-state index contributed by atoms with van der Waals surface area (Å²) in [6.45, 7) is 9.87. The van der Waals surface area contributed by atoms with E-state index in [9.17, 15) is 9.59 Å². The van der Waals surface area contributed by atoms with Crippen molar-refractivity contribution in [3.05, 3.63) is 24.3 Å². The van der Waals surface area contributed by atoms with Crippen LogP contribution in [0.15, 0.2) is 24.3 Å². The van der Waals surface area contributed by atoms with Gasteiger partial charge in [-0.05, 0) is 64.2 Å². The fourth-order valence-electron chi connectivity index (χ4n) is 5.75. The quantitative estimate of drug-likeness (QED) is 0.0353. The van der Waals surface area contributed by atoms with Gasteiger partial charge in [0.2, 0.25) is 0 Å². The Balaban J connectivity index is 0. The molecule has 0 saturated heterocycles. The van der Waals surface area contributed by atoms with Gasteiger partial charge in [0.25, 0.3) is 0 Å². The second kappa shape index (κ2) is 52.2. The van der Waals surface area contributed by atoms with Gasteiger partial charge in [-0.1, -0.05) is 141 Å². The number of carbonyl (C=O) groups excluding carboxylic acids is 1. The highest BCUT2D eigenvalue weighted by Gasteiger charge is 2.02. The first-order valence-electron chi connectivity index (χ1n) is 22.7. The Morgan fingerprint density at radius 1 is 0.400 bits per heavy atom. The normalized spacial score (nSPS) is 11.4. The van der Waals surface area contributed by atoms with Crippen LogP contribution in [0.4, 0.5) is 0 Å². The minimum Gasteiger partial charge on any atom is -0.481 e. The topological polar surface area (TPSA) is 121 Å². The van der Waals surface area contributed by atoms with Crippen LogP contribution >= 0.6 is 0 Å². The molecule has 0 amide bonds. The molecule has 326 valence electrons. The van der Waals surface area contributed by atoms with Crippen molar-refractivity contribution in [2.45, 2.75) is 194 Å². The van der Waals surface area contributed by atoms with E-state index in [0.717, 1.165) is 103 Å². The summed E-state index contributed by atoms with van der Waals surface area (Å²) < 4.78 is 26.8. The van der Waals surface area contributed by atoms with E-state index in [-0.39, 0.29) is 19.2 Å². The van der Waals surface area contributed by atoms with Gasteiger partial charge >= 0.3 is 11.9 Å². The minimum absolute atomic E-state index is 0.0170. The van der Waals surface area contributed by atoms with Gasteiger partial charge in [-0.25, -0.2) is 0 Å². The summed E-state index contributed by atoms with van der Waals surface area (Å²) in [5.41, 5.74) is 0. The maximum absolute atomic E-state index is 11.6. The molecule has 0 aromatic carbocycles. The predicted octanol–water partition coefficient (Wildman–Crippen LogP) is 11.7. The third-order valence-corrected chi connectivity index (χ3v) is 9.09. The van der Waals surface area contributed by atoms with Crippen LogP contribution in [0, 0.1) is 0 Å². The number of carboxylic acids is 1. The summed E-state index contributed by atoms with van der Waals surface area (Å²) in [7, 11) is 0. The Morgan fingerprint density at radius 2 is 0.782 bits per heavy atom. The molecular weight excluding hydrogens is 696 g/mol. The van der Waals surface area contributed by atoms with E-state index in [1.165, 1.54) is 89.9 Å². The smallest absolute Gasteiger partial charge is 0.305 e. The lowest BCUT2D eigenvalue weighted by Crippen LogP contribution is -2.13. The summed E-state index contributed by atoms with van der Waals surface area (Å²) in [6, 6.07) is 0. The summed E-state index contributed by atoms with van der Waals surface area (Å²) in [5.74, 6) is -0.831. The fraction of sp³-hybridized carbons (Fsp3) is 0.870. The molecule has 9 nitrogen and oxygen atoms in total. The SMILES string of the molecule is CCCCCCCCCOCC/C=C\CCCCCCC(=O)O.CCCCCCCCCOCC/C=C\CCCCCCC(=O)OCCOCCOCCO. The van der Waals surface area contributed by atoms with Crippen molar-refractivity contribution < 1.29 is 43.5 Å². The lowest BCUT2D eigenvalue weighted by Gasteiger charge is -2.06. The molecule has 55 heavy (non-hydrogen) atoms. The lowest BCUT2D eigenvalue weighted by atomic mass is 10.1. The number of hydrogen-bond acceptors (Lipinski definition) is 8. The molecule has 0 aliphatic carbocycles. The molecule has 0 rings (SSSR count). The lowest BCUT2D eigenvalue weighted by molar-refractivity contribution is -0.145. The highest BCUT2D eigenvalue weighted by molar-refractivity contribution is 5.69. The number of unbranched alkanes of at least 4 members (excludes halogenated alkanes) is 20. The highest BCUT2D eigenvalue weighted by atomic mass is 16.6. The van der Waals surface area contributed by atoms with Crippen LogP contribution in [0.3, 0.4) is 0 Å². The van der Waals surface area contributed by atoms with Gasteiger partial charge in [-0.2, -0.15) is 0 Å². The maximum Gasteiger partial charge on any atom is 0.305 e. The Hall–Kier alpha value is -1.78. The molecule has 0 aromatic heterocycles. The summed E-state index contributed by atoms with van der Waals surface area (Å²) in [5, 5.41) is 17.1. The van der Waals surface area contributed by atoms with E-state index < -0.39 is 5.97 Å². The summed E-state index contributed by atoms with van der Waals surface area (Å²) >= 11 is 0. The molecule has 0 saturated carbocycles. The van der Waals surface area contributed by atoms with E-state index >= 15 is 0 Å². The average Bonchev–Trinajstić information content (AvgIpc) is 3.18. The van der Waals surface area contributed by atoms with Crippen LogP contribution in [-0.2, 0) is 33.3 Å². The van der Waals surface area contributed by atoms with Gasteiger partial charge < -0.3 is 33.9 Å². The molecule has 0 spiro atoms. The molecule has 0 aliphatic rings. The van der Waals surface area contributed by atoms with Crippen LogP contribution in [0.5, 0.6) is 0 Å². The molecule has 2 N–H and O–H groups in total. The zero-order chi connectivity index (χ0) is 40.4. The minimum atomic E-state index is -0.679. The number of rotatable bonds is 44. The average molecular weight is 785 g/mol. The second-order valence-corrected chi connectivity index (χ2v) is 14.5. The first-order chi connectivity index (χ1) is 27.1. The van der Waals surface area contributed by atoms with Gasteiger partial charge in [0, 0.05) is 26.1 Å². The molecule has 0 aliphatic heterocycles.